The Labute approximate surface area is 168 Å². The van der Waals surface area contributed by atoms with Gasteiger partial charge in [-0.05, 0) is 49.5 Å². The number of fused-ring (bicyclic) bond motifs is 1. The number of aliphatic hydroxyl groups is 2. The van der Waals surface area contributed by atoms with Crippen molar-refractivity contribution in [3.63, 3.8) is 0 Å². The normalized spacial score (nSPS) is 38.1. The molecule has 0 aliphatic heterocycles. The predicted molar refractivity (Wildman–Crippen MR) is 106 cm³/mol. The number of aliphatic hydroxyl groups excluding tert-OH is 2. The summed E-state index contributed by atoms with van der Waals surface area (Å²) in [5.41, 5.74) is 0.694. The Kier molecular flexibility index (Phi) is 6.85. The van der Waals surface area contributed by atoms with Gasteiger partial charge in [-0.1, -0.05) is 44.1 Å². The standard InChI is InChI=1S/C23H34O5/c1-15-18(9-6-10-21(26)27)23(28-2)14-13-20(25)17(22(15)23)11-12-19(24)16-7-4-3-5-8-16/h9,15-17,19-20,22,24-25H,3-8,10,13-14H2,1-2H3,(H,26,27)/b18-9-/t15-,17+,19+,20-,22-,23+/m0/s1. The molecular formula is C23H34O5. The molecule has 3 aliphatic rings. The van der Waals surface area contributed by atoms with E-state index < -0.39 is 23.8 Å². The van der Waals surface area contributed by atoms with Crippen molar-refractivity contribution >= 4 is 5.97 Å². The van der Waals surface area contributed by atoms with Crippen LogP contribution in [-0.2, 0) is 9.53 Å². The molecule has 28 heavy (non-hydrogen) atoms. The molecule has 6 atom stereocenters. The minimum absolute atomic E-state index is 0.0726. The Morgan fingerprint density at radius 2 is 2.04 bits per heavy atom. The minimum atomic E-state index is -0.800. The van der Waals surface area contributed by atoms with E-state index >= 15 is 0 Å². The van der Waals surface area contributed by atoms with Crippen LogP contribution >= 0.6 is 0 Å². The van der Waals surface area contributed by atoms with E-state index in [1.54, 1.807) is 7.11 Å². The van der Waals surface area contributed by atoms with Crippen LogP contribution in [0.25, 0.3) is 0 Å². The van der Waals surface area contributed by atoms with Crippen LogP contribution in [0.3, 0.4) is 0 Å². The lowest BCUT2D eigenvalue weighted by atomic mass is 9.48. The van der Waals surface area contributed by atoms with E-state index in [-0.39, 0.29) is 30.1 Å². The molecule has 3 saturated carbocycles. The van der Waals surface area contributed by atoms with Gasteiger partial charge in [-0.25, -0.2) is 0 Å². The lowest BCUT2D eigenvalue weighted by Gasteiger charge is -2.61. The highest BCUT2D eigenvalue weighted by atomic mass is 16.5. The topological polar surface area (TPSA) is 87.0 Å². The van der Waals surface area contributed by atoms with Crippen molar-refractivity contribution in [2.75, 3.05) is 7.11 Å². The summed E-state index contributed by atoms with van der Waals surface area (Å²) in [6, 6.07) is 0. The summed E-state index contributed by atoms with van der Waals surface area (Å²) < 4.78 is 5.96. The average molecular weight is 391 g/mol. The van der Waals surface area contributed by atoms with Gasteiger partial charge in [-0.2, -0.15) is 0 Å². The van der Waals surface area contributed by atoms with Crippen LogP contribution < -0.4 is 0 Å². The lowest BCUT2D eigenvalue weighted by molar-refractivity contribution is -0.162. The van der Waals surface area contributed by atoms with Gasteiger partial charge in [0, 0.05) is 19.4 Å². The van der Waals surface area contributed by atoms with E-state index in [2.05, 4.69) is 18.8 Å². The van der Waals surface area contributed by atoms with Crippen molar-refractivity contribution in [2.24, 2.45) is 23.7 Å². The van der Waals surface area contributed by atoms with Crippen molar-refractivity contribution < 1.29 is 24.9 Å². The number of carboxylic acid groups (broad SMARTS) is 1. The molecule has 3 rings (SSSR count). The Morgan fingerprint density at radius 1 is 1.32 bits per heavy atom. The maximum atomic E-state index is 10.8. The van der Waals surface area contributed by atoms with Crippen molar-refractivity contribution in [2.45, 2.75) is 82.5 Å². The Balaban J connectivity index is 1.76. The summed E-state index contributed by atoms with van der Waals surface area (Å²) in [5, 5.41) is 30.1. The first-order valence-corrected chi connectivity index (χ1v) is 10.8. The summed E-state index contributed by atoms with van der Waals surface area (Å²) in [7, 11) is 1.70. The summed E-state index contributed by atoms with van der Waals surface area (Å²) >= 11 is 0. The molecule has 5 heteroatoms. The van der Waals surface area contributed by atoms with Crippen molar-refractivity contribution in [1.82, 2.24) is 0 Å². The molecule has 0 aromatic carbocycles. The fourth-order valence-corrected chi connectivity index (χ4v) is 5.77. The number of rotatable bonds is 5. The molecule has 5 nitrogen and oxygen atoms in total. The highest BCUT2D eigenvalue weighted by Gasteiger charge is 2.62. The fourth-order valence-electron chi connectivity index (χ4n) is 5.77. The number of carbonyl (C=O) groups is 1. The number of carboxylic acids is 1. The smallest absolute Gasteiger partial charge is 0.303 e. The van der Waals surface area contributed by atoms with Crippen LogP contribution in [0.1, 0.15) is 64.7 Å². The van der Waals surface area contributed by atoms with Gasteiger partial charge >= 0.3 is 5.97 Å². The van der Waals surface area contributed by atoms with Crippen molar-refractivity contribution in [3.8, 4) is 11.8 Å². The molecule has 0 aromatic heterocycles. The lowest BCUT2D eigenvalue weighted by Crippen LogP contribution is -2.64. The van der Waals surface area contributed by atoms with E-state index in [1.807, 2.05) is 6.08 Å². The molecule has 0 saturated heterocycles. The number of ether oxygens (including phenoxy) is 1. The van der Waals surface area contributed by atoms with Gasteiger partial charge in [-0.15, -0.1) is 0 Å². The minimum Gasteiger partial charge on any atom is -0.481 e. The summed E-state index contributed by atoms with van der Waals surface area (Å²) in [6.45, 7) is 2.11. The number of hydrogen-bond donors (Lipinski definition) is 3. The average Bonchev–Trinajstić information content (AvgIpc) is 2.70. The molecule has 3 N–H and O–H groups in total. The van der Waals surface area contributed by atoms with Crippen LogP contribution in [0.5, 0.6) is 0 Å². The van der Waals surface area contributed by atoms with Crippen LogP contribution in [0.15, 0.2) is 11.6 Å². The zero-order valence-corrected chi connectivity index (χ0v) is 17.1. The Hall–Kier alpha value is -1.35. The summed E-state index contributed by atoms with van der Waals surface area (Å²) in [4.78, 5) is 10.8. The Bertz CT molecular complexity index is 654. The fraction of sp³-hybridized carbons (Fsp3) is 0.783. The molecule has 3 fully saturated rings. The van der Waals surface area contributed by atoms with Crippen molar-refractivity contribution in [1.29, 1.82) is 0 Å². The van der Waals surface area contributed by atoms with Gasteiger partial charge in [0.25, 0.3) is 0 Å². The molecule has 0 aromatic rings. The first kappa shape index (κ1) is 21.4. The predicted octanol–water partition coefficient (Wildman–Crippen LogP) is 3.14. The van der Waals surface area contributed by atoms with Gasteiger partial charge in [0.15, 0.2) is 0 Å². The number of methoxy groups -OCH3 is 1. The monoisotopic (exact) mass is 390 g/mol. The first-order valence-electron chi connectivity index (χ1n) is 10.8. The van der Waals surface area contributed by atoms with E-state index in [1.165, 1.54) is 6.42 Å². The molecule has 0 bridgehead atoms. The molecule has 0 unspecified atom stereocenters. The second-order valence-corrected chi connectivity index (χ2v) is 8.76. The van der Waals surface area contributed by atoms with Gasteiger partial charge < -0.3 is 20.1 Å². The third-order valence-corrected chi connectivity index (χ3v) is 7.25. The SMILES string of the molecule is CO[C@@]12CC[C@H](O)[C@@H](C#C[C@@H](O)C3CCCCC3)[C@@H]1[C@@H](C)/C2=C/CCC(=O)O. The Morgan fingerprint density at radius 3 is 2.68 bits per heavy atom. The van der Waals surface area contributed by atoms with Gasteiger partial charge in [0.1, 0.15) is 6.10 Å². The maximum absolute atomic E-state index is 10.8. The van der Waals surface area contributed by atoms with Gasteiger partial charge in [0.05, 0.1) is 17.6 Å². The zero-order chi connectivity index (χ0) is 20.3. The third kappa shape index (κ3) is 4.01. The van der Waals surface area contributed by atoms with E-state index in [4.69, 9.17) is 9.84 Å². The van der Waals surface area contributed by atoms with E-state index in [0.29, 0.717) is 12.8 Å². The summed E-state index contributed by atoms with van der Waals surface area (Å²) in [6.07, 6.45) is 8.43. The highest BCUT2D eigenvalue weighted by Crippen LogP contribution is 2.60. The largest absolute Gasteiger partial charge is 0.481 e. The summed E-state index contributed by atoms with van der Waals surface area (Å²) in [5.74, 6) is 5.79. The van der Waals surface area contributed by atoms with Crippen molar-refractivity contribution in [3.05, 3.63) is 11.6 Å². The number of allylic oxidation sites excluding steroid dienone is 1. The second kappa shape index (κ2) is 8.98. The molecule has 0 radical (unpaired) electrons. The molecule has 0 spiro atoms. The molecule has 0 amide bonds. The molecule has 0 heterocycles. The van der Waals surface area contributed by atoms with E-state index in [9.17, 15) is 15.0 Å². The molecule has 3 aliphatic carbocycles. The molecule has 156 valence electrons. The first-order chi connectivity index (χ1) is 13.4. The van der Waals surface area contributed by atoms with Crippen LogP contribution in [0.2, 0.25) is 0 Å². The number of aliphatic carboxylic acids is 1. The van der Waals surface area contributed by atoms with E-state index in [0.717, 1.165) is 37.7 Å². The van der Waals surface area contributed by atoms with Gasteiger partial charge in [-0.3, -0.25) is 4.79 Å². The molecular weight excluding hydrogens is 356 g/mol. The van der Waals surface area contributed by atoms with Crippen LogP contribution in [0, 0.1) is 35.5 Å². The number of hydrogen-bond acceptors (Lipinski definition) is 4. The van der Waals surface area contributed by atoms with Gasteiger partial charge in [0.2, 0.25) is 0 Å². The third-order valence-electron chi connectivity index (χ3n) is 7.25. The van der Waals surface area contributed by atoms with Crippen LogP contribution in [0.4, 0.5) is 0 Å². The van der Waals surface area contributed by atoms with Crippen LogP contribution in [-0.4, -0.2) is 46.2 Å². The maximum Gasteiger partial charge on any atom is 0.303 e. The quantitative estimate of drug-likeness (QED) is 0.496. The second-order valence-electron chi connectivity index (χ2n) is 8.76. The highest BCUT2D eigenvalue weighted by molar-refractivity contribution is 5.66. The zero-order valence-electron chi connectivity index (χ0n) is 17.1.